The number of rotatable bonds is 4. The van der Waals surface area contributed by atoms with Crippen LogP contribution in [0.15, 0.2) is 12.1 Å². The number of hydrogen-bond acceptors (Lipinski definition) is 5. The highest BCUT2D eigenvalue weighted by Crippen LogP contribution is 2.25. The van der Waals surface area contributed by atoms with Crippen LogP contribution in [-0.4, -0.2) is 45.7 Å². The van der Waals surface area contributed by atoms with Gasteiger partial charge < -0.3 is 15.4 Å². The van der Waals surface area contributed by atoms with Gasteiger partial charge in [0, 0.05) is 25.2 Å². The van der Waals surface area contributed by atoms with Gasteiger partial charge >= 0.3 is 0 Å². The van der Waals surface area contributed by atoms with Crippen LogP contribution in [-0.2, 0) is 6.54 Å². The standard InChI is InChI=1S/C15H23N5O/c1-10(2)19-7-6-11(8-19)9-20-14-12(17-15(20)16)4-5-13(18-14)21-3/h4-5,10-11H,6-9H2,1-3H3,(H2,16,17). The van der Waals surface area contributed by atoms with Crippen LogP contribution < -0.4 is 10.5 Å². The molecule has 0 aliphatic carbocycles. The number of nitrogens with zero attached hydrogens (tertiary/aromatic N) is 4. The molecule has 0 radical (unpaired) electrons. The number of anilines is 1. The third kappa shape index (κ3) is 2.68. The summed E-state index contributed by atoms with van der Waals surface area (Å²) in [5.74, 6) is 1.73. The van der Waals surface area contributed by atoms with E-state index in [9.17, 15) is 0 Å². The smallest absolute Gasteiger partial charge is 0.215 e. The van der Waals surface area contributed by atoms with E-state index in [1.165, 1.54) is 6.42 Å². The Morgan fingerprint density at radius 3 is 2.86 bits per heavy atom. The number of likely N-dealkylation sites (tertiary alicyclic amines) is 1. The SMILES string of the molecule is COc1ccc2nc(N)n(CC3CCN(C(C)C)C3)c2n1. The van der Waals surface area contributed by atoms with E-state index in [4.69, 9.17) is 10.5 Å². The number of fused-ring (bicyclic) bond motifs is 1. The molecule has 1 atom stereocenters. The Bertz CT molecular complexity index is 636. The summed E-state index contributed by atoms with van der Waals surface area (Å²) in [5.41, 5.74) is 7.72. The second-order valence-corrected chi connectivity index (χ2v) is 6.02. The molecule has 1 unspecified atom stereocenters. The highest BCUT2D eigenvalue weighted by molar-refractivity contribution is 5.74. The molecule has 21 heavy (non-hydrogen) atoms. The van der Waals surface area contributed by atoms with Crippen molar-refractivity contribution in [2.24, 2.45) is 5.92 Å². The average molecular weight is 289 g/mol. The molecule has 1 saturated heterocycles. The van der Waals surface area contributed by atoms with Gasteiger partial charge in [0.25, 0.3) is 0 Å². The van der Waals surface area contributed by atoms with Crippen LogP contribution in [0.4, 0.5) is 5.95 Å². The zero-order valence-corrected chi connectivity index (χ0v) is 12.9. The maximum absolute atomic E-state index is 6.07. The fourth-order valence-corrected chi connectivity index (χ4v) is 3.03. The first-order valence-electron chi connectivity index (χ1n) is 7.49. The van der Waals surface area contributed by atoms with Gasteiger partial charge in [-0.15, -0.1) is 0 Å². The van der Waals surface area contributed by atoms with E-state index < -0.39 is 0 Å². The number of nitrogens with two attached hydrogens (primary N) is 1. The molecule has 6 nitrogen and oxygen atoms in total. The van der Waals surface area contributed by atoms with Crippen LogP contribution in [0.5, 0.6) is 5.88 Å². The van der Waals surface area contributed by atoms with Gasteiger partial charge in [-0.1, -0.05) is 0 Å². The van der Waals surface area contributed by atoms with E-state index in [0.717, 1.165) is 30.8 Å². The lowest BCUT2D eigenvalue weighted by Crippen LogP contribution is -2.28. The van der Waals surface area contributed by atoms with Crippen molar-refractivity contribution in [2.75, 3.05) is 25.9 Å². The first kappa shape index (κ1) is 14.1. The Hall–Kier alpha value is -1.82. The van der Waals surface area contributed by atoms with Crippen molar-refractivity contribution in [3.8, 4) is 5.88 Å². The summed E-state index contributed by atoms with van der Waals surface area (Å²) >= 11 is 0. The van der Waals surface area contributed by atoms with Gasteiger partial charge in [0.15, 0.2) is 5.65 Å². The minimum atomic E-state index is 0.536. The fourth-order valence-electron chi connectivity index (χ4n) is 3.03. The first-order valence-corrected chi connectivity index (χ1v) is 7.49. The fraction of sp³-hybridized carbons (Fsp3) is 0.600. The third-order valence-corrected chi connectivity index (χ3v) is 4.29. The molecule has 1 aliphatic heterocycles. The van der Waals surface area contributed by atoms with Crippen LogP contribution >= 0.6 is 0 Å². The molecule has 2 N–H and O–H groups in total. The summed E-state index contributed by atoms with van der Waals surface area (Å²) in [6.07, 6.45) is 1.20. The average Bonchev–Trinajstić information content (AvgIpc) is 3.05. The van der Waals surface area contributed by atoms with Gasteiger partial charge in [0.05, 0.1) is 7.11 Å². The van der Waals surface area contributed by atoms with Crippen LogP contribution in [0, 0.1) is 5.92 Å². The van der Waals surface area contributed by atoms with E-state index in [-0.39, 0.29) is 0 Å². The number of hydrogen-bond donors (Lipinski definition) is 1. The van der Waals surface area contributed by atoms with Crippen molar-refractivity contribution < 1.29 is 4.74 Å². The number of pyridine rings is 1. The highest BCUT2D eigenvalue weighted by atomic mass is 16.5. The monoisotopic (exact) mass is 289 g/mol. The number of imidazole rings is 1. The summed E-state index contributed by atoms with van der Waals surface area (Å²) in [5, 5.41) is 0. The molecule has 0 bridgehead atoms. The molecular weight excluding hydrogens is 266 g/mol. The van der Waals surface area contributed by atoms with E-state index in [1.807, 2.05) is 16.7 Å². The zero-order chi connectivity index (χ0) is 15.0. The van der Waals surface area contributed by atoms with Gasteiger partial charge in [0.2, 0.25) is 11.8 Å². The van der Waals surface area contributed by atoms with Crippen molar-refractivity contribution in [1.82, 2.24) is 19.4 Å². The van der Waals surface area contributed by atoms with Crippen LogP contribution in [0.2, 0.25) is 0 Å². The van der Waals surface area contributed by atoms with Crippen molar-refractivity contribution in [3.05, 3.63) is 12.1 Å². The molecule has 6 heteroatoms. The largest absolute Gasteiger partial charge is 0.481 e. The van der Waals surface area contributed by atoms with E-state index >= 15 is 0 Å². The van der Waals surface area contributed by atoms with Gasteiger partial charge in [-0.05, 0) is 38.8 Å². The third-order valence-electron chi connectivity index (χ3n) is 4.29. The lowest BCUT2D eigenvalue weighted by Gasteiger charge is -2.20. The van der Waals surface area contributed by atoms with E-state index in [2.05, 4.69) is 28.7 Å². The van der Waals surface area contributed by atoms with Crippen molar-refractivity contribution in [1.29, 1.82) is 0 Å². The first-order chi connectivity index (χ1) is 10.1. The van der Waals surface area contributed by atoms with Gasteiger partial charge in [-0.25, -0.2) is 4.98 Å². The normalized spacial score (nSPS) is 19.7. The maximum Gasteiger partial charge on any atom is 0.215 e. The number of methoxy groups -OCH3 is 1. The van der Waals surface area contributed by atoms with E-state index in [0.29, 0.717) is 23.8 Å². The lowest BCUT2D eigenvalue weighted by atomic mass is 10.1. The second-order valence-electron chi connectivity index (χ2n) is 6.02. The number of aromatic nitrogens is 3. The predicted octanol–water partition coefficient (Wildman–Crippen LogP) is 1.75. The van der Waals surface area contributed by atoms with Gasteiger partial charge in [-0.3, -0.25) is 4.57 Å². The van der Waals surface area contributed by atoms with Crippen LogP contribution in [0.3, 0.4) is 0 Å². The molecule has 0 aromatic carbocycles. The summed E-state index contributed by atoms with van der Waals surface area (Å²) in [6, 6.07) is 4.32. The molecule has 2 aromatic heterocycles. The van der Waals surface area contributed by atoms with Crippen LogP contribution in [0.1, 0.15) is 20.3 Å². The summed E-state index contributed by atoms with van der Waals surface area (Å²) in [4.78, 5) is 11.4. The molecule has 0 saturated carbocycles. The molecule has 2 aromatic rings. The summed E-state index contributed by atoms with van der Waals surface area (Å²) in [6.45, 7) is 7.63. The molecule has 1 fully saturated rings. The molecular formula is C15H23N5O. The lowest BCUT2D eigenvalue weighted by molar-refractivity contribution is 0.261. The minimum Gasteiger partial charge on any atom is -0.481 e. The Labute approximate surface area is 124 Å². The van der Waals surface area contributed by atoms with Crippen molar-refractivity contribution in [2.45, 2.75) is 32.9 Å². The van der Waals surface area contributed by atoms with Crippen molar-refractivity contribution >= 4 is 17.1 Å². The maximum atomic E-state index is 6.07. The number of nitrogen functional groups attached to an aromatic ring is 1. The van der Waals surface area contributed by atoms with Crippen LogP contribution in [0.25, 0.3) is 11.2 Å². The molecule has 0 spiro atoms. The molecule has 114 valence electrons. The van der Waals surface area contributed by atoms with E-state index in [1.54, 1.807) is 7.11 Å². The summed E-state index contributed by atoms with van der Waals surface area (Å²) < 4.78 is 7.22. The summed E-state index contributed by atoms with van der Waals surface area (Å²) in [7, 11) is 1.62. The predicted molar refractivity (Wildman–Crippen MR) is 83.3 cm³/mol. The van der Waals surface area contributed by atoms with Gasteiger partial charge in [-0.2, -0.15) is 4.98 Å². The molecule has 1 aliphatic rings. The molecule has 0 amide bonds. The minimum absolute atomic E-state index is 0.536. The molecule has 3 rings (SSSR count). The van der Waals surface area contributed by atoms with Crippen molar-refractivity contribution in [3.63, 3.8) is 0 Å². The molecule has 3 heterocycles. The zero-order valence-electron chi connectivity index (χ0n) is 12.9. The Kier molecular flexibility index (Phi) is 3.71. The highest BCUT2D eigenvalue weighted by Gasteiger charge is 2.25. The Balaban J connectivity index is 1.85. The second kappa shape index (κ2) is 5.52. The topological polar surface area (TPSA) is 69.2 Å². The van der Waals surface area contributed by atoms with Gasteiger partial charge in [0.1, 0.15) is 5.52 Å². The Morgan fingerprint density at radius 2 is 2.19 bits per heavy atom. The quantitative estimate of drug-likeness (QED) is 0.928. The number of ether oxygens (including phenoxy) is 1. The Morgan fingerprint density at radius 1 is 1.38 bits per heavy atom.